The Balaban J connectivity index is 1.66. The van der Waals surface area contributed by atoms with Crippen molar-refractivity contribution in [1.29, 1.82) is 0 Å². The molecule has 1 amide bonds. The molecule has 5 heteroatoms. The van der Waals surface area contributed by atoms with Crippen molar-refractivity contribution < 1.29 is 14.7 Å². The monoisotopic (exact) mass is 380 g/mol. The van der Waals surface area contributed by atoms with Gasteiger partial charge >= 0.3 is 5.97 Å². The van der Waals surface area contributed by atoms with Crippen molar-refractivity contribution in [2.24, 2.45) is 0 Å². The van der Waals surface area contributed by atoms with Crippen LogP contribution in [0.4, 0.5) is 0 Å². The van der Waals surface area contributed by atoms with Crippen molar-refractivity contribution in [3.63, 3.8) is 0 Å². The van der Waals surface area contributed by atoms with E-state index < -0.39 is 5.97 Å². The van der Waals surface area contributed by atoms with Crippen LogP contribution in [0.1, 0.15) is 41.3 Å². The first kappa shape index (κ1) is 20.1. The molecule has 1 aliphatic rings. The standard InChI is InChI=1S/C23H28N2O3/c1-2-24(17-22(26)27)20-12-14-25(15-13-20)23(28)21-11-7-6-10-19(21)16-18-8-4-3-5-9-18/h3-11,20H,2,12-17H2,1H3,(H,26,27). The molecule has 3 rings (SSSR count). The van der Waals surface area contributed by atoms with Crippen molar-refractivity contribution in [3.8, 4) is 0 Å². The summed E-state index contributed by atoms with van der Waals surface area (Å²) in [4.78, 5) is 28.1. The molecule has 0 bridgehead atoms. The van der Waals surface area contributed by atoms with E-state index in [1.807, 2.05) is 59.2 Å². The Morgan fingerprint density at radius 3 is 2.32 bits per heavy atom. The molecule has 0 radical (unpaired) electrons. The van der Waals surface area contributed by atoms with Crippen LogP contribution in [0, 0.1) is 0 Å². The van der Waals surface area contributed by atoms with Gasteiger partial charge < -0.3 is 10.0 Å². The zero-order valence-electron chi connectivity index (χ0n) is 16.4. The van der Waals surface area contributed by atoms with Gasteiger partial charge in [0.2, 0.25) is 0 Å². The quantitative estimate of drug-likeness (QED) is 0.801. The van der Waals surface area contributed by atoms with E-state index >= 15 is 0 Å². The first-order chi connectivity index (χ1) is 13.6. The largest absolute Gasteiger partial charge is 0.480 e. The molecule has 28 heavy (non-hydrogen) atoms. The Morgan fingerprint density at radius 2 is 1.68 bits per heavy atom. The number of carboxylic acids is 1. The number of hydrogen-bond donors (Lipinski definition) is 1. The van der Waals surface area contributed by atoms with Gasteiger partial charge in [-0.25, -0.2) is 0 Å². The lowest BCUT2D eigenvalue weighted by molar-refractivity contribution is -0.139. The summed E-state index contributed by atoms with van der Waals surface area (Å²) in [6.07, 6.45) is 2.36. The molecule has 0 unspecified atom stereocenters. The average Bonchev–Trinajstić information content (AvgIpc) is 2.73. The van der Waals surface area contributed by atoms with Crippen molar-refractivity contribution in [2.75, 3.05) is 26.2 Å². The molecule has 0 saturated carbocycles. The number of nitrogens with zero attached hydrogens (tertiary/aromatic N) is 2. The van der Waals surface area contributed by atoms with Crippen LogP contribution in [-0.4, -0.2) is 59.0 Å². The van der Waals surface area contributed by atoms with Crippen LogP contribution in [0.2, 0.25) is 0 Å². The third-order valence-corrected chi connectivity index (χ3v) is 5.50. The molecule has 1 heterocycles. The number of benzene rings is 2. The minimum atomic E-state index is -0.796. The smallest absolute Gasteiger partial charge is 0.317 e. The number of amides is 1. The van der Waals surface area contributed by atoms with Crippen molar-refractivity contribution >= 4 is 11.9 Å². The summed E-state index contributed by atoms with van der Waals surface area (Å²) in [7, 11) is 0. The van der Waals surface area contributed by atoms with E-state index in [1.54, 1.807) is 0 Å². The molecule has 2 aromatic carbocycles. The van der Waals surface area contributed by atoms with E-state index in [0.29, 0.717) is 19.6 Å². The lowest BCUT2D eigenvalue weighted by atomic mass is 9.97. The second kappa shape index (κ2) is 9.51. The number of piperidine rings is 1. The molecule has 148 valence electrons. The van der Waals surface area contributed by atoms with Crippen molar-refractivity contribution in [3.05, 3.63) is 71.3 Å². The van der Waals surface area contributed by atoms with E-state index in [9.17, 15) is 9.59 Å². The molecule has 0 aliphatic carbocycles. The number of aliphatic carboxylic acids is 1. The minimum Gasteiger partial charge on any atom is -0.480 e. The first-order valence-electron chi connectivity index (χ1n) is 9.95. The summed E-state index contributed by atoms with van der Waals surface area (Å²) in [5.74, 6) is -0.721. The van der Waals surface area contributed by atoms with Gasteiger partial charge in [-0.1, -0.05) is 55.5 Å². The van der Waals surface area contributed by atoms with Gasteiger partial charge in [-0.2, -0.15) is 0 Å². The minimum absolute atomic E-state index is 0.0645. The second-order valence-corrected chi connectivity index (χ2v) is 7.30. The molecule has 1 aliphatic heterocycles. The Labute approximate surface area is 166 Å². The van der Waals surface area contributed by atoms with Crippen molar-refractivity contribution in [1.82, 2.24) is 9.80 Å². The first-order valence-corrected chi connectivity index (χ1v) is 9.95. The zero-order valence-corrected chi connectivity index (χ0v) is 16.4. The van der Waals surface area contributed by atoms with Gasteiger partial charge in [-0.3, -0.25) is 14.5 Å². The van der Waals surface area contributed by atoms with Crippen LogP contribution in [0.3, 0.4) is 0 Å². The maximum atomic E-state index is 13.2. The number of carbonyl (C=O) groups is 2. The fourth-order valence-corrected chi connectivity index (χ4v) is 3.98. The summed E-state index contributed by atoms with van der Waals surface area (Å²) in [6.45, 7) is 4.10. The van der Waals surface area contributed by atoms with Gasteiger partial charge in [0, 0.05) is 24.7 Å². The third kappa shape index (κ3) is 4.98. The summed E-state index contributed by atoms with van der Waals surface area (Å²) in [5.41, 5.74) is 3.00. The Kier molecular flexibility index (Phi) is 6.82. The topological polar surface area (TPSA) is 60.9 Å². The SMILES string of the molecule is CCN(CC(=O)O)C1CCN(C(=O)c2ccccc2Cc2ccccc2)CC1. The van der Waals surface area contributed by atoms with Crippen LogP contribution in [0.15, 0.2) is 54.6 Å². The highest BCUT2D eigenvalue weighted by Gasteiger charge is 2.28. The van der Waals surface area contributed by atoms with Gasteiger partial charge in [0.25, 0.3) is 5.91 Å². The van der Waals surface area contributed by atoms with Gasteiger partial charge in [0.05, 0.1) is 6.54 Å². The predicted molar refractivity (Wildman–Crippen MR) is 109 cm³/mol. The molecular formula is C23H28N2O3. The molecule has 1 fully saturated rings. The molecule has 1 N–H and O–H groups in total. The molecule has 0 atom stereocenters. The zero-order chi connectivity index (χ0) is 19.9. The molecular weight excluding hydrogens is 352 g/mol. The van der Waals surface area contributed by atoms with E-state index in [4.69, 9.17) is 5.11 Å². The van der Waals surface area contributed by atoms with Crippen LogP contribution in [-0.2, 0) is 11.2 Å². The molecule has 0 spiro atoms. The molecule has 1 saturated heterocycles. The number of likely N-dealkylation sites (tertiary alicyclic amines) is 1. The summed E-state index contributed by atoms with van der Waals surface area (Å²) >= 11 is 0. The lowest BCUT2D eigenvalue weighted by Crippen LogP contribution is -2.48. The molecule has 0 aromatic heterocycles. The summed E-state index contributed by atoms with van der Waals surface area (Å²) in [6, 6.07) is 18.2. The van der Waals surface area contributed by atoms with E-state index in [1.165, 1.54) is 5.56 Å². The highest BCUT2D eigenvalue weighted by Crippen LogP contribution is 2.21. The van der Waals surface area contributed by atoms with E-state index in [0.717, 1.165) is 30.4 Å². The second-order valence-electron chi connectivity index (χ2n) is 7.30. The predicted octanol–water partition coefficient (Wildman–Crippen LogP) is 3.29. The summed E-state index contributed by atoms with van der Waals surface area (Å²) in [5, 5.41) is 9.08. The van der Waals surface area contributed by atoms with Crippen LogP contribution < -0.4 is 0 Å². The van der Waals surface area contributed by atoms with Crippen molar-refractivity contribution in [2.45, 2.75) is 32.2 Å². The fourth-order valence-electron chi connectivity index (χ4n) is 3.98. The number of likely N-dealkylation sites (N-methyl/N-ethyl adjacent to an activating group) is 1. The van der Waals surface area contributed by atoms with Gasteiger partial charge in [0.1, 0.15) is 0 Å². The van der Waals surface area contributed by atoms with E-state index in [-0.39, 0.29) is 18.5 Å². The Hall–Kier alpha value is -2.66. The highest BCUT2D eigenvalue weighted by molar-refractivity contribution is 5.95. The number of carboxylic acid groups (broad SMARTS) is 1. The maximum Gasteiger partial charge on any atom is 0.317 e. The number of rotatable bonds is 7. The summed E-state index contributed by atoms with van der Waals surface area (Å²) < 4.78 is 0. The number of hydrogen-bond acceptors (Lipinski definition) is 3. The molecule has 5 nitrogen and oxygen atoms in total. The fraction of sp³-hybridized carbons (Fsp3) is 0.391. The van der Waals surface area contributed by atoms with Gasteiger partial charge in [-0.15, -0.1) is 0 Å². The highest BCUT2D eigenvalue weighted by atomic mass is 16.4. The Bertz CT molecular complexity index is 799. The number of carbonyl (C=O) groups excluding carboxylic acids is 1. The molecule has 2 aromatic rings. The average molecular weight is 380 g/mol. The van der Waals surface area contributed by atoms with Gasteiger partial charge in [0.15, 0.2) is 0 Å². The third-order valence-electron chi connectivity index (χ3n) is 5.50. The maximum absolute atomic E-state index is 13.2. The van der Waals surface area contributed by atoms with Crippen LogP contribution >= 0.6 is 0 Å². The Morgan fingerprint density at radius 1 is 1.04 bits per heavy atom. The normalized spacial score (nSPS) is 15.0. The lowest BCUT2D eigenvalue weighted by Gasteiger charge is -2.37. The van der Waals surface area contributed by atoms with Crippen LogP contribution in [0.25, 0.3) is 0 Å². The van der Waals surface area contributed by atoms with Gasteiger partial charge in [-0.05, 0) is 43.0 Å². The van der Waals surface area contributed by atoms with E-state index in [2.05, 4.69) is 12.1 Å². The van der Waals surface area contributed by atoms with Crippen LogP contribution in [0.5, 0.6) is 0 Å².